The van der Waals surface area contributed by atoms with Crippen molar-refractivity contribution in [1.29, 1.82) is 0 Å². The highest BCUT2D eigenvalue weighted by molar-refractivity contribution is 7.93. The van der Waals surface area contributed by atoms with Gasteiger partial charge in [0.25, 0.3) is 20.0 Å². The van der Waals surface area contributed by atoms with Crippen LogP contribution in [0.15, 0.2) is 70.5 Å². The summed E-state index contributed by atoms with van der Waals surface area (Å²) in [5, 5.41) is 0. The maximum Gasteiger partial charge on any atom is 0.261 e. The fourth-order valence-corrected chi connectivity index (χ4v) is 6.21. The lowest BCUT2D eigenvalue weighted by molar-refractivity contribution is -0.117. The molecule has 3 aromatic carbocycles. The van der Waals surface area contributed by atoms with Crippen molar-refractivity contribution in [1.82, 2.24) is 0 Å². The number of nitrogens with zero attached hydrogens (tertiary/aromatic N) is 1. The number of carbonyl (C=O) groups excluding carboxylic acids is 1. The van der Waals surface area contributed by atoms with Crippen LogP contribution in [0.25, 0.3) is 0 Å². The van der Waals surface area contributed by atoms with Gasteiger partial charge in [-0.05, 0) is 74.4 Å². The molecule has 1 aliphatic heterocycles. The molecule has 0 spiro atoms. The van der Waals surface area contributed by atoms with Crippen LogP contribution in [0.5, 0.6) is 5.75 Å². The fraction of sp³-hybridized carbons (Fsp3) is 0.240. The molecule has 0 saturated carbocycles. The van der Waals surface area contributed by atoms with Crippen molar-refractivity contribution < 1.29 is 26.4 Å². The third kappa shape index (κ3) is 5.31. The number of ether oxygens (including phenoxy) is 1. The van der Waals surface area contributed by atoms with Crippen molar-refractivity contribution in [2.75, 3.05) is 28.0 Å². The topological polar surface area (TPSA) is 122 Å². The van der Waals surface area contributed by atoms with Crippen LogP contribution in [-0.2, 0) is 24.8 Å². The summed E-state index contributed by atoms with van der Waals surface area (Å²) in [4.78, 5) is 13.7. The molecule has 1 saturated heterocycles. The van der Waals surface area contributed by atoms with Gasteiger partial charge in [-0.3, -0.25) is 14.2 Å². The zero-order valence-corrected chi connectivity index (χ0v) is 21.7. The van der Waals surface area contributed by atoms with Gasteiger partial charge in [-0.1, -0.05) is 17.7 Å². The van der Waals surface area contributed by atoms with Crippen LogP contribution in [0.1, 0.15) is 24.0 Å². The first-order valence-corrected chi connectivity index (χ1v) is 14.2. The highest BCUT2D eigenvalue weighted by Gasteiger charge is 2.27. The van der Waals surface area contributed by atoms with Crippen LogP contribution in [0.3, 0.4) is 0 Å². The Morgan fingerprint density at radius 2 is 1.50 bits per heavy atom. The van der Waals surface area contributed by atoms with Crippen molar-refractivity contribution in [2.24, 2.45) is 0 Å². The minimum absolute atomic E-state index is 0.00953. The van der Waals surface area contributed by atoms with Gasteiger partial charge in [0.1, 0.15) is 5.75 Å². The number of carbonyl (C=O) groups is 1. The Bertz CT molecular complexity index is 1520. The number of nitrogens with one attached hydrogen (secondary N) is 2. The Hall–Kier alpha value is -3.57. The van der Waals surface area contributed by atoms with Gasteiger partial charge < -0.3 is 9.64 Å². The number of hydrogen-bond donors (Lipinski definition) is 2. The monoisotopic (exact) mass is 529 g/mol. The number of benzene rings is 3. The number of sulfonamides is 2. The van der Waals surface area contributed by atoms with Crippen LogP contribution in [0.4, 0.5) is 17.1 Å². The molecule has 0 unspecified atom stereocenters. The van der Waals surface area contributed by atoms with Crippen LogP contribution < -0.4 is 19.1 Å². The summed E-state index contributed by atoms with van der Waals surface area (Å²) in [7, 11) is -6.44. The highest BCUT2D eigenvalue weighted by Crippen LogP contribution is 2.34. The van der Waals surface area contributed by atoms with E-state index < -0.39 is 20.0 Å². The molecule has 0 atom stereocenters. The Balaban J connectivity index is 1.55. The van der Waals surface area contributed by atoms with Gasteiger partial charge in [0.05, 0.1) is 28.3 Å². The smallest absolute Gasteiger partial charge is 0.261 e. The average Bonchev–Trinajstić information content (AvgIpc) is 3.26. The Morgan fingerprint density at radius 3 is 2.11 bits per heavy atom. The first-order valence-electron chi connectivity index (χ1n) is 11.2. The number of aryl methyl sites for hydroxylation is 2. The number of rotatable bonds is 8. The van der Waals surface area contributed by atoms with Crippen molar-refractivity contribution in [3.8, 4) is 5.75 Å². The molecular weight excluding hydrogens is 502 g/mol. The summed E-state index contributed by atoms with van der Waals surface area (Å²) >= 11 is 0. The van der Waals surface area contributed by atoms with Gasteiger partial charge in [0, 0.05) is 18.7 Å². The summed E-state index contributed by atoms with van der Waals surface area (Å²) in [6, 6.07) is 15.1. The van der Waals surface area contributed by atoms with Crippen LogP contribution in [0.2, 0.25) is 0 Å². The maximum absolute atomic E-state index is 13.1. The van der Waals surface area contributed by atoms with E-state index in [0.717, 1.165) is 11.1 Å². The highest BCUT2D eigenvalue weighted by atomic mass is 32.2. The molecule has 0 aromatic heterocycles. The lowest BCUT2D eigenvalue weighted by atomic mass is 10.1. The molecule has 36 heavy (non-hydrogen) atoms. The van der Waals surface area contributed by atoms with E-state index in [1.165, 1.54) is 54.5 Å². The number of amides is 1. The Kier molecular flexibility index (Phi) is 6.96. The molecule has 4 rings (SSSR count). The molecule has 0 aliphatic carbocycles. The maximum atomic E-state index is 13.1. The normalized spacial score (nSPS) is 14.1. The molecule has 1 fully saturated rings. The molecule has 11 heteroatoms. The van der Waals surface area contributed by atoms with E-state index in [2.05, 4.69) is 9.44 Å². The van der Waals surface area contributed by atoms with Crippen LogP contribution >= 0.6 is 0 Å². The fourth-order valence-electron chi connectivity index (χ4n) is 4.00. The standard InChI is InChI=1S/C25H27N3O6S2/c1-17-6-12-22(18(2)15-17)27-35(30,31)20-9-7-19(8-10-20)26-36(32,33)21-11-13-24(34-3)23(16-21)28-14-4-5-25(28)29/h6-13,15-16,26-27H,4-5,14H2,1-3H3. The largest absolute Gasteiger partial charge is 0.495 e. The number of hydrogen-bond acceptors (Lipinski definition) is 6. The minimum atomic E-state index is -4.02. The lowest BCUT2D eigenvalue weighted by Gasteiger charge is -2.20. The van der Waals surface area contributed by atoms with Gasteiger partial charge in [-0.25, -0.2) is 16.8 Å². The van der Waals surface area contributed by atoms with E-state index >= 15 is 0 Å². The second-order valence-electron chi connectivity index (χ2n) is 8.54. The molecule has 2 N–H and O–H groups in total. The minimum Gasteiger partial charge on any atom is -0.495 e. The zero-order valence-electron chi connectivity index (χ0n) is 20.1. The third-order valence-corrected chi connectivity index (χ3v) is 8.63. The predicted octanol–water partition coefficient (Wildman–Crippen LogP) is 4.04. The second-order valence-corrected chi connectivity index (χ2v) is 11.9. The van der Waals surface area contributed by atoms with Gasteiger partial charge >= 0.3 is 0 Å². The summed E-state index contributed by atoms with van der Waals surface area (Å²) in [5.74, 6) is 0.303. The molecule has 0 bridgehead atoms. The van der Waals surface area contributed by atoms with E-state index in [1.54, 1.807) is 6.07 Å². The molecule has 1 heterocycles. The summed E-state index contributed by atoms with van der Waals surface area (Å²) < 4.78 is 62.1. The molecule has 0 radical (unpaired) electrons. The van der Waals surface area contributed by atoms with Gasteiger partial charge in [0.2, 0.25) is 5.91 Å². The first kappa shape index (κ1) is 25.5. The molecule has 1 amide bonds. The van der Waals surface area contributed by atoms with Gasteiger partial charge in [0.15, 0.2) is 0 Å². The summed E-state index contributed by atoms with van der Waals surface area (Å²) in [6.45, 7) is 4.22. The molecule has 190 valence electrons. The predicted molar refractivity (Wildman–Crippen MR) is 139 cm³/mol. The van der Waals surface area contributed by atoms with Crippen LogP contribution in [0, 0.1) is 13.8 Å². The Labute approximate surface area is 211 Å². The number of methoxy groups -OCH3 is 1. The van der Waals surface area contributed by atoms with E-state index in [-0.39, 0.29) is 21.4 Å². The lowest BCUT2D eigenvalue weighted by Crippen LogP contribution is -2.25. The zero-order chi connectivity index (χ0) is 26.1. The van der Waals surface area contributed by atoms with E-state index in [0.29, 0.717) is 36.5 Å². The van der Waals surface area contributed by atoms with E-state index in [9.17, 15) is 21.6 Å². The quantitative estimate of drug-likeness (QED) is 0.454. The molecule has 1 aliphatic rings. The third-order valence-electron chi connectivity index (χ3n) is 5.87. The molecule has 3 aromatic rings. The second kappa shape index (κ2) is 9.82. The summed E-state index contributed by atoms with van der Waals surface area (Å²) in [6.07, 6.45) is 1.08. The van der Waals surface area contributed by atoms with Crippen molar-refractivity contribution in [2.45, 2.75) is 36.5 Å². The van der Waals surface area contributed by atoms with E-state index in [1.807, 2.05) is 26.0 Å². The molecular formula is C25H27N3O6S2. The van der Waals surface area contributed by atoms with Crippen LogP contribution in [-0.4, -0.2) is 36.4 Å². The summed E-state index contributed by atoms with van der Waals surface area (Å²) in [5.41, 5.74) is 2.86. The van der Waals surface area contributed by atoms with Crippen molar-refractivity contribution in [3.63, 3.8) is 0 Å². The van der Waals surface area contributed by atoms with Crippen molar-refractivity contribution >= 4 is 43.0 Å². The molecule has 9 nitrogen and oxygen atoms in total. The van der Waals surface area contributed by atoms with E-state index in [4.69, 9.17) is 4.74 Å². The Morgan fingerprint density at radius 1 is 0.833 bits per heavy atom. The number of anilines is 3. The van der Waals surface area contributed by atoms with Crippen molar-refractivity contribution in [3.05, 3.63) is 71.8 Å². The average molecular weight is 530 g/mol. The van der Waals surface area contributed by atoms with Gasteiger partial charge in [-0.15, -0.1) is 0 Å². The van der Waals surface area contributed by atoms with Gasteiger partial charge in [-0.2, -0.15) is 0 Å². The SMILES string of the molecule is COc1ccc(S(=O)(=O)Nc2ccc(S(=O)(=O)Nc3ccc(C)cc3C)cc2)cc1N1CCCC1=O. The first-order chi connectivity index (χ1) is 17.0.